The van der Waals surface area contributed by atoms with Crippen LogP contribution in [0, 0.1) is 0 Å². The van der Waals surface area contributed by atoms with Gasteiger partial charge in [-0.1, -0.05) is 24.3 Å². The van der Waals surface area contributed by atoms with Gasteiger partial charge in [0, 0.05) is 0 Å². The van der Waals surface area contributed by atoms with Gasteiger partial charge in [0.05, 0.1) is 18.2 Å². The lowest BCUT2D eigenvalue weighted by molar-refractivity contribution is -0.136. The normalized spacial score (nSPS) is 15.2. The zero-order valence-corrected chi connectivity index (χ0v) is 15.7. The molecule has 0 spiro atoms. The molecule has 4 N–H and O–H groups in total. The predicted molar refractivity (Wildman–Crippen MR) is 106 cm³/mol. The highest BCUT2D eigenvalue weighted by atomic mass is 16.5. The Morgan fingerprint density at radius 3 is 2.68 bits per heavy atom. The number of nitrogens with zero attached hydrogens (tertiary/aromatic N) is 1. The van der Waals surface area contributed by atoms with Crippen LogP contribution >= 0.6 is 0 Å². The third kappa shape index (κ3) is 4.14. The molecule has 28 heavy (non-hydrogen) atoms. The Morgan fingerprint density at radius 2 is 1.93 bits per heavy atom. The van der Waals surface area contributed by atoms with Crippen molar-refractivity contribution in [1.29, 1.82) is 0 Å². The van der Waals surface area contributed by atoms with Crippen LogP contribution in [0.3, 0.4) is 0 Å². The van der Waals surface area contributed by atoms with E-state index in [4.69, 9.17) is 20.9 Å². The van der Waals surface area contributed by atoms with Crippen molar-refractivity contribution in [2.24, 2.45) is 16.5 Å². The van der Waals surface area contributed by atoms with Gasteiger partial charge < -0.3 is 20.9 Å². The zero-order chi connectivity index (χ0) is 20.1. The number of guanidine groups is 1. The molecule has 1 unspecified atom stereocenters. The Balaban J connectivity index is 1.89. The van der Waals surface area contributed by atoms with Crippen LogP contribution in [0.25, 0.3) is 0 Å². The van der Waals surface area contributed by atoms with Crippen LogP contribution in [-0.2, 0) is 16.0 Å². The average molecular weight is 381 g/mol. The Morgan fingerprint density at radius 1 is 1.14 bits per heavy atom. The molecular weight excluding hydrogens is 358 g/mol. The van der Waals surface area contributed by atoms with Gasteiger partial charge in [-0.3, -0.25) is 4.79 Å². The molecule has 1 aliphatic carbocycles. The monoisotopic (exact) mass is 381 g/mol. The SMILES string of the molecule is CCOC(=O)c1ccccc1OC(=O)C1CCCc2c(N=C(N)N)cccc21. The molecule has 1 aliphatic rings. The minimum atomic E-state index is -0.523. The highest BCUT2D eigenvalue weighted by Crippen LogP contribution is 2.38. The maximum atomic E-state index is 12.9. The summed E-state index contributed by atoms with van der Waals surface area (Å²) >= 11 is 0. The smallest absolute Gasteiger partial charge is 0.341 e. The first kappa shape index (κ1) is 19.4. The maximum Gasteiger partial charge on any atom is 0.341 e. The van der Waals surface area contributed by atoms with E-state index in [0.717, 1.165) is 24.0 Å². The quantitative estimate of drug-likeness (QED) is 0.356. The summed E-state index contributed by atoms with van der Waals surface area (Å²) < 4.78 is 10.6. The summed E-state index contributed by atoms with van der Waals surface area (Å²) in [7, 11) is 0. The number of nitrogens with two attached hydrogens (primary N) is 2. The molecule has 0 fully saturated rings. The maximum absolute atomic E-state index is 12.9. The van der Waals surface area contributed by atoms with Crippen molar-refractivity contribution in [1.82, 2.24) is 0 Å². The number of aliphatic imine (C=N–C) groups is 1. The van der Waals surface area contributed by atoms with E-state index in [0.29, 0.717) is 12.1 Å². The average Bonchev–Trinajstić information content (AvgIpc) is 2.68. The highest BCUT2D eigenvalue weighted by molar-refractivity contribution is 5.94. The molecule has 1 atom stereocenters. The van der Waals surface area contributed by atoms with Crippen LogP contribution in [0.15, 0.2) is 47.5 Å². The lowest BCUT2D eigenvalue weighted by Gasteiger charge is -2.25. The fourth-order valence-electron chi connectivity index (χ4n) is 3.43. The van der Waals surface area contributed by atoms with Gasteiger partial charge in [-0.25, -0.2) is 9.79 Å². The number of ether oxygens (including phenoxy) is 2. The molecule has 0 saturated carbocycles. The van der Waals surface area contributed by atoms with Crippen molar-refractivity contribution >= 4 is 23.6 Å². The minimum absolute atomic E-state index is 0.0264. The molecule has 2 aromatic carbocycles. The van der Waals surface area contributed by atoms with Gasteiger partial charge in [0.15, 0.2) is 5.96 Å². The molecule has 0 amide bonds. The van der Waals surface area contributed by atoms with E-state index in [1.165, 1.54) is 0 Å². The molecule has 7 nitrogen and oxygen atoms in total. The Bertz CT molecular complexity index is 920. The van der Waals surface area contributed by atoms with Gasteiger partial charge in [-0.05, 0) is 55.5 Å². The number of fused-ring (bicyclic) bond motifs is 1. The van der Waals surface area contributed by atoms with Crippen molar-refractivity contribution < 1.29 is 19.1 Å². The fourth-order valence-corrected chi connectivity index (χ4v) is 3.43. The summed E-state index contributed by atoms with van der Waals surface area (Å²) in [6, 6.07) is 12.1. The molecular formula is C21H23N3O4. The molecule has 0 radical (unpaired) electrons. The third-order valence-corrected chi connectivity index (χ3v) is 4.61. The Kier molecular flexibility index (Phi) is 5.93. The first-order chi connectivity index (χ1) is 13.5. The van der Waals surface area contributed by atoms with E-state index >= 15 is 0 Å². The topological polar surface area (TPSA) is 117 Å². The van der Waals surface area contributed by atoms with E-state index in [1.807, 2.05) is 18.2 Å². The van der Waals surface area contributed by atoms with E-state index < -0.39 is 17.9 Å². The van der Waals surface area contributed by atoms with Crippen molar-refractivity contribution in [3.05, 3.63) is 59.2 Å². The number of rotatable bonds is 5. The van der Waals surface area contributed by atoms with Crippen molar-refractivity contribution in [3.8, 4) is 5.75 Å². The van der Waals surface area contributed by atoms with E-state index in [9.17, 15) is 9.59 Å². The number of para-hydroxylation sites is 1. The molecule has 7 heteroatoms. The second kappa shape index (κ2) is 8.56. The second-order valence-corrected chi connectivity index (χ2v) is 6.46. The summed E-state index contributed by atoms with van der Waals surface area (Å²) in [5, 5.41) is 0. The van der Waals surface area contributed by atoms with E-state index in [1.54, 1.807) is 31.2 Å². The first-order valence-electron chi connectivity index (χ1n) is 9.20. The van der Waals surface area contributed by atoms with Gasteiger partial charge in [0.25, 0.3) is 0 Å². The fraction of sp³-hybridized carbons (Fsp3) is 0.286. The molecule has 0 saturated heterocycles. The van der Waals surface area contributed by atoms with E-state index in [-0.39, 0.29) is 23.9 Å². The molecule has 0 heterocycles. The van der Waals surface area contributed by atoms with Crippen LogP contribution in [0.2, 0.25) is 0 Å². The second-order valence-electron chi connectivity index (χ2n) is 6.46. The summed E-state index contributed by atoms with van der Waals surface area (Å²) in [5.74, 6) is -1.22. The number of hydrogen-bond acceptors (Lipinski definition) is 5. The number of carbonyl (C=O) groups is 2. The van der Waals surface area contributed by atoms with Gasteiger partial charge in [0.1, 0.15) is 11.3 Å². The summed E-state index contributed by atoms with van der Waals surface area (Å²) in [5.41, 5.74) is 13.7. The largest absolute Gasteiger partial charge is 0.462 e. The molecule has 3 rings (SSSR count). The zero-order valence-electron chi connectivity index (χ0n) is 15.7. The minimum Gasteiger partial charge on any atom is -0.462 e. The van der Waals surface area contributed by atoms with Gasteiger partial charge in [-0.2, -0.15) is 0 Å². The van der Waals surface area contributed by atoms with Crippen molar-refractivity contribution in [2.45, 2.75) is 32.1 Å². The standard InChI is InChI=1S/C21H23N3O4/c1-2-27-19(25)16-7-3-4-12-18(16)28-20(26)15-10-5-9-14-13(15)8-6-11-17(14)24-21(22)23/h3-4,6-8,11-12,15H,2,5,9-10H2,1H3,(H4,22,23,24). The third-order valence-electron chi connectivity index (χ3n) is 4.61. The summed E-state index contributed by atoms with van der Waals surface area (Å²) in [6.07, 6.45) is 2.24. The Labute approximate surface area is 163 Å². The molecule has 0 aliphatic heterocycles. The summed E-state index contributed by atoms with van der Waals surface area (Å²) in [6.45, 7) is 1.96. The molecule has 2 aromatic rings. The Hall–Kier alpha value is -3.35. The number of esters is 2. The number of carbonyl (C=O) groups excluding carboxylic acids is 2. The van der Waals surface area contributed by atoms with Gasteiger partial charge in [-0.15, -0.1) is 0 Å². The number of benzene rings is 2. The van der Waals surface area contributed by atoms with Crippen molar-refractivity contribution in [2.75, 3.05) is 6.61 Å². The molecule has 0 aromatic heterocycles. The van der Waals surface area contributed by atoms with Crippen LogP contribution in [0.5, 0.6) is 5.75 Å². The van der Waals surface area contributed by atoms with Gasteiger partial charge >= 0.3 is 11.9 Å². The highest BCUT2D eigenvalue weighted by Gasteiger charge is 2.30. The van der Waals surface area contributed by atoms with Crippen LogP contribution < -0.4 is 16.2 Å². The van der Waals surface area contributed by atoms with Crippen LogP contribution in [0.1, 0.15) is 47.2 Å². The molecule has 0 bridgehead atoms. The molecule has 146 valence electrons. The van der Waals surface area contributed by atoms with Gasteiger partial charge in [0.2, 0.25) is 0 Å². The van der Waals surface area contributed by atoms with Crippen LogP contribution in [0.4, 0.5) is 5.69 Å². The lowest BCUT2D eigenvalue weighted by Crippen LogP contribution is -2.24. The predicted octanol–water partition coefficient (Wildman–Crippen LogP) is 2.79. The van der Waals surface area contributed by atoms with E-state index in [2.05, 4.69) is 4.99 Å². The lowest BCUT2D eigenvalue weighted by atomic mass is 9.82. The van der Waals surface area contributed by atoms with Crippen molar-refractivity contribution in [3.63, 3.8) is 0 Å². The number of hydrogen-bond donors (Lipinski definition) is 2. The first-order valence-corrected chi connectivity index (χ1v) is 9.20. The summed E-state index contributed by atoms with van der Waals surface area (Å²) in [4.78, 5) is 29.2. The van der Waals surface area contributed by atoms with Crippen LogP contribution in [-0.4, -0.2) is 24.5 Å².